The predicted molar refractivity (Wildman–Crippen MR) is 101 cm³/mol. The Morgan fingerprint density at radius 2 is 1.74 bits per heavy atom. The van der Waals surface area contributed by atoms with Crippen molar-refractivity contribution in [2.75, 3.05) is 23.3 Å². The number of rotatable bonds is 7. The van der Waals surface area contributed by atoms with Gasteiger partial charge in [-0.15, -0.1) is 0 Å². The minimum absolute atomic E-state index is 0.104. The average Bonchev–Trinajstić information content (AvgIpc) is 2.55. The van der Waals surface area contributed by atoms with Gasteiger partial charge in [0.25, 0.3) is 5.91 Å². The second-order valence-corrected chi connectivity index (χ2v) is 6.33. The van der Waals surface area contributed by atoms with Gasteiger partial charge in [0, 0.05) is 28.9 Å². The molecule has 0 spiro atoms. The SMILES string of the molecule is CCCN(CCC)c1cccc(NC(=O)c2ccccc2Br)c1. The molecule has 1 amide bonds. The third-order valence-electron chi connectivity index (χ3n) is 3.57. The maximum absolute atomic E-state index is 12.4. The minimum atomic E-state index is -0.104. The van der Waals surface area contributed by atoms with Crippen LogP contribution in [0.15, 0.2) is 53.0 Å². The summed E-state index contributed by atoms with van der Waals surface area (Å²) in [5, 5.41) is 2.98. The number of hydrogen-bond donors (Lipinski definition) is 1. The average molecular weight is 375 g/mol. The van der Waals surface area contributed by atoms with E-state index in [0.717, 1.165) is 41.8 Å². The van der Waals surface area contributed by atoms with Gasteiger partial charge >= 0.3 is 0 Å². The summed E-state index contributed by atoms with van der Waals surface area (Å²) < 4.78 is 0.798. The summed E-state index contributed by atoms with van der Waals surface area (Å²) in [4.78, 5) is 14.8. The Balaban J connectivity index is 2.16. The Morgan fingerprint density at radius 3 is 2.39 bits per heavy atom. The molecule has 0 unspecified atom stereocenters. The smallest absolute Gasteiger partial charge is 0.256 e. The Bertz CT molecular complexity index is 651. The van der Waals surface area contributed by atoms with Crippen LogP contribution < -0.4 is 10.2 Å². The molecule has 0 saturated heterocycles. The number of carbonyl (C=O) groups is 1. The van der Waals surface area contributed by atoms with Crippen LogP contribution in [-0.4, -0.2) is 19.0 Å². The zero-order valence-corrected chi connectivity index (χ0v) is 15.3. The molecule has 0 atom stereocenters. The van der Waals surface area contributed by atoms with Gasteiger partial charge in [-0.05, 0) is 59.1 Å². The molecule has 122 valence electrons. The highest BCUT2D eigenvalue weighted by molar-refractivity contribution is 9.10. The molecule has 23 heavy (non-hydrogen) atoms. The molecule has 4 heteroatoms. The summed E-state index contributed by atoms with van der Waals surface area (Å²) in [7, 11) is 0. The van der Waals surface area contributed by atoms with E-state index in [1.54, 1.807) is 0 Å². The number of anilines is 2. The van der Waals surface area contributed by atoms with E-state index in [-0.39, 0.29) is 5.91 Å². The van der Waals surface area contributed by atoms with Crippen molar-refractivity contribution < 1.29 is 4.79 Å². The van der Waals surface area contributed by atoms with Gasteiger partial charge in [0.15, 0.2) is 0 Å². The van der Waals surface area contributed by atoms with Crippen LogP contribution in [0.25, 0.3) is 0 Å². The second kappa shape index (κ2) is 8.73. The lowest BCUT2D eigenvalue weighted by atomic mass is 10.2. The Hall–Kier alpha value is -1.81. The van der Waals surface area contributed by atoms with Crippen LogP contribution in [0.5, 0.6) is 0 Å². The van der Waals surface area contributed by atoms with Crippen LogP contribution in [0.4, 0.5) is 11.4 Å². The third-order valence-corrected chi connectivity index (χ3v) is 4.27. The quantitative estimate of drug-likeness (QED) is 0.710. The standard InChI is InChI=1S/C19H23BrN2O/c1-3-12-22(13-4-2)16-9-7-8-15(14-16)21-19(23)17-10-5-6-11-18(17)20/h5-11,14H,3-4,12-13H2,1-2H3,(H,21,23). The van der Waals surface area contributed by atoms with Gasteiger partial charge in [0.1, 0.15) is 0 Å². The number of amides is 1. The van der Waals surface area contributed by atoms with Crippen LogP contribution in [0.3, 0.4) is 0 Å². The highest BCUT2D eigenvalue weighted by atomic mass is 79.9. The first kappa shape index (κ1) is 17.5. The number of carbonyl (C=O) groups excluding carboxylic acids is 1. The molecule has 0 radical (unpaired) electrons. The number of hydrogen-bond acceptors (Lipinski definition) is 2. The maximum atomic E-state index is 12.4. The van der Waals surface area contributed by atoms with E-state index in [9.17, 15) is 4.79 Å². The Kier molecular flexibility index (Phi) is 6.66. The first-order valence-corrected chi connectivity index (χ1v) is 8.86. The number of nitrogens with one attached hydrogen (secondary N) is 1. The molecule has 1 N–H and O–H groups in total. The fourth-order valence-corrected chi connectivity index (χ4v) is 3.00. The summed E-state index contributed by atoms with van der Waals surface area (Å²) in [5.41, 5.74) is 2.61. The molecule has 2 rings (SSSR count). The molecule has 0 aliphatic heterocycles. The summed E-state index contributed by atoms with van der Waals surface area (Å²) >= 11 is 3.42. The molecule has 3 nitrogen and oxygen atoms in total. The highest BCUT2D eigenvalue weighted by Crippen LogP contribution is 2.22. The summed E-state index contributed by atoms with van der Waals surface area (Å²) in [5.74, 6) is -0.104. The molecule has 0 saturated carbocycles. The van der Waals surface area contributed by atoms with Gasteiger partial charge in [-0.3, -0.25) is 4.79 Å². The van der Waals surface area contributed by atoms with E-state index in [0.29, 0.717) is 5.56 Å². The normalized spacial score (nSPS) is 10.4. The molecule has 0 aliphatic carbocycles. The lowest BCUT2D eigenvalue weighted by molar-refractivity contribution is 0.102. The molecule has 0 aromatic heterocycles. The van der Waals surface area contributed by atoms with Crippen molar-refractivity contribution in [3.8, 4) is 0 Å². The first-order chi connectivity index (χ1) is 11.2. The summed E-state index contributed by atoms with van der Waals surface area (Å²) in [6.07, 6.45) is 2.21. The summed E-state index contributed by atoms with van der Waals surface area (Å²) in [6.45, 7) is 6.41. The third kappa shape index (κ3) is 4.83. The first-order valence-electron chi connectivity index (χ1n) is 8.06. The monoisotopic (exact) mass is 374 g/mol. The largest absolute Gasteiger partial charge is 0.371 e. The van der Waals surface area contributed by atoms with Crippen molar-refractivity contribution in [2.24, 2.45) is 0 Å². The molecule has 2 aromatic carbocycles. The van der Waals surface area contributed by atoms with Crippen molar-refractivity contribution in [1.82, 2.24) is 0 Å². The van der Waals surface area contributed by atoms with Crippen LogP contribution in [0.2, 0.25) is 0 Å². The zero-order chi connectivity index (χ0) is 16.7. The van der Waals surface area contributed by atoms with Gasteiger partial charge in [-0.1, -0.05) is 32.0 Å². The van der Waals surface area contributed by atoms with E-state index in [4.69, 9.17) is 0 Å². The fourth-order valence-electron chi connectivity index (χ4n) is 2.53. The maximum Gasteiger partial charge on any atom is 0.256 e. The molecule has 0 fully saturated rings. The van der Waals surface area contributed by atoms with Crippen molar-refractivity contribution >= 4 is 33.2 Å². The van der Waals surface area contributed by atoms with Gasteiger partial charge in [-0.2, -0.15) is 0 Å². The molecule has 0 heterocycles. The zero-order valence-electron chi connectivity index (χ0n) is 13.7. The van der Waals surface area contributed by atoms with E-state index >= 15 is 0 Å². The van der Waals surface area contributed by atoms with Gasteiger partial charge < -0.3 is 10.2 Å². The topological polar surface area (TPSA) is 32.3 Å². The molecular weight excluding hydrogens is 352 g/mol. The van der Waals surface area contributed by atoms with Crippen LogP contribution >= 0.6 is 15.9 Å². The van der Waals surface area contributed by atoms with E-state index in [2.05, 4.69) is 46.1 Å². The van der Waals surface area contributed by atoms with E-state index < -0.39 is 0 Å². The number of benzene rings is 2. The fraction of sp³-hybridized carbons (Fsp3) is 0.316. The second-order valence-electron chi connectivity index (χ2n) is 5.47. The van der Waals surface area contributed by atoms with E-state index in [1.807, 2.05) is 42.5 Å². The van der Waals surface area contributed by atoms with Gasteiger partial charge in [0.05, 0.1) is 5.56 Å². The molecule has 0 bridgehead atoms. The van der Waals surface area contributed by atoms with Crippen molar-refractivity contribution in [3.05, 3.63) is 58.6 Å². The van der Waals surface area contributed by atoms with Crippen LogP contribution in [-0.2, 0) is 0 Å². The van der Waals surface area contributed by atoms with Crippen molar-refractivity contribution in [1.29, 1.82) is 0 Å². The van der Waals surface area contributed by atoms with E-state index in [1.165, 1.54) is 0 Å². The Morgan fingerprint density at radius 1 is 1.04 bits per heavy atom. The molecular formula is C19H23BrN2O. The van der Waals surface area contributed by atoms with Crippen LogP contribution in [0, 0.1) is 0 Å². The number of nitrogens with zero attached hydrogens (tertiary/aromatic N) is 1. The lowest BCUT2D eigenvalue weighted by Gasteiger charge is -2.24. The van der Waals surface area contributed by atoms with Crippen molar-refractivity contribution in [2.45, 2.75) is 26.7 Å². The molecule has 0 aliphatic rings. The minimum Gasteiger partial charge on any atom is -0.371 e. The number of halogens is 1. The predicted octanol–water partition coefficient (Wildman–Crippen LogP) is 5.33. The van der Waals surface area contributed by atoms with Gasteiger partial charge in [-0.25, -0.2) is 0 Å². The van der Waals surface area contributed by atoms with Crippen molar-refractivity contribution in [3.63, 3.8) is 0 Å². The van der Waals surface area contributed by atoms with Crippen LogP contribution in [0.1, 0.15) is 37.0 Å². The highest BCUT2D eigenvalue weighted by Gasteiger charge is 2.11. The van der Waals surface area contributed by atoms with Gasteiger partial charge in [0.2, 0.25) is 0 Å². The molecule has 2 aromatic rings. The Labute approximate surface area is 146 Å². The summed E-state index contributed by atoms with van der Waals surface area (Å²) in [6, 6.07) is 15.5. The lowest BCUT2D eigenvalue weighted by Crippen LogP contribution is -2.25.